The maximum Gasteiger partial charge on any atom is 0.263 e. The SMILES string of the molecule is C#Cc1cc(-c2ccc3c(ccc4sc5c(c43)NC[C@@H](C)NC5=O)n2)nc(COCC)n1. The van der Waals surface area contributed by atoms with E-state index in [2.05, 4.69) is 26.5 Å². The summed E-state index contributed by atoms with van der Waals surface area (Å²) in [6.45, 7) is 5.44. The molecule has 0 radical (unpaired) electrons. The van der Waals surface area contributed by atoms with Crippen LogP contribution in [0.25, 0.3) is 32.4 Å². The van der Waals surface area contributed by atoms with E-state index in [0.717, 1.165) is 26.7 Å². The quantitative estimate of drug-likeness (QED) is 0.464. The Balaban J connectivity index is 1.64. The zero-order valence-electron chi connectivity index (χ0n) is 17.7. The Bertz CT molecular complexity index is 1410. The summed E-state index contributed by atoms with van der Waals surface area (Å²) in [5, 5.41) is 8.48. The van der Waals surface area contributed by atoms with E-state index in [4.69, 9.17) is 16.1 Å². The Morgan fingerprint density at radius 3 is 2.91 bits per heavy atom. The summed E-state index contributed by atoms with van der Waals surface area (Å²) >= 11 is 1.49. The maximum atomic E-state index is 12.6. The number of pyridine rings is 1. The average Bonchev–Trinajstić information content (AvgIpc) is 3.13. The van der Waals surface area contributed by atoms with E-state index in [1.807, 2.05) is 38.1 Å². The summed E-state index contributed by atoms with van der Waals surface area (Å²) in [5.41, 5.74) is 3.55. The van der Waals surface area contributed by atoms with Crippen molar-refractivity contribution in [1.82, 2.24) is 20.3 Å². The molecule has 32 heavy (non-hydrogen) atoms. The van der Waals surface area contributed by atoms with Gasteiger partial charge in [-0.1, -0.05) is 5.92 Å². The molecular formula is C24H21N5O2S. The topological polar surface area (TPSA) is 89.0 Å². The van der Waals surface area contributed by atoms with Gasteiger partial charge in [-0.2, -0.15) is 0 Å². The van der Waals surface area contributed by atoms with Crippen molar-refractivity contribution in [2.75, 3.05) is 18.5 Å². The molecule has 0 saturated heterocycles. The predicted molar refractivity (Wildman–Crippen MR) is 127 cm³/mol. The van der Waals surface area contributed by atoms with Crippen LogP contribution in [-0.2, 0) is 11.3 Å². The van der Waals surface area contributed by atoms with Crippen LogP contribution in [0.15, 0.2) is 30.3 Å². The lowest BCUT2D eigenvalue weighted by molar-refractivity contribution is 0.0949. The van der Waals surface area contributed by atoms with Crippen LogP contribution in [0, 0.1) is 12.3 Å². The molecular weight excluding hydrogens is 422 g/mol. The van der Waals surface area contributed by atoms with Crippen LogP contribution < -0.4 is 10.6 Å². The molecule has 8 heteroatoms. The lowest BCUT2D eigenvalue weighted by Gasteiger charge is -2.10. The molecule has 1 atom stereocenters. The Morgan fingerprint density at radius 1 is 1.22 bits per heavy atom. The van der Waals surface area contributed by atoms with Gasteiger partial charge in [0.1, 0.15) is 17.2 Å². The van der Waals surface area contributed by atoms with Gasteiger partial charge in [-0.15, -0.1) is 17.8 Å². The predicted octanol–water partition coefficient (Wildman–Crippen LogP) is 3.97. The number of hydrogen-bond donors (Lipinski definition) is 2. The van der Waals surface area contributed by atoms with Crippen molar-refractivity contribution in [2.45, 2.75) is 26.5 Å². The highest BCUT2D eigenvalue weighted by Crippen LogP contribution is 2.41. The highest BCUT2D eigenvalue weighted by atomic mass is 32.1. The molecule has 0 aliphatic carbocycles. The first-order chi connectivity index (χ1) is 15.6. The number of fused-ring (bicyclic) bond motifs is 5. The van der Waals surface area contributed by atoms with E-state index in [0.29, 0.717) is 47.5 Å². The van der Waals surface area contributed by atoms with Crippen LogP contribution in [0.5, 0.6) is 0 Å². The minimum Gasteiger partial charge on any atom is -0.381 e. The van der Waals surface area contributed by atoms with E-state index in [9.17, 15) is 4.79 Å². The van der Waals surface area contributed by atoms with E-state index in [1.54, 1.807) is 6.07 Å². The second-order valence-corrected chi connectivity index (χ2v) is 8.65. The van der Waals surface area contributed by atoms with Crippen molar-refractivity contribution in [3.05, 3.63) is 46.7 Å². The van der Waals surface area contributed by atoms with Crippen molar-refractivity contribution < 1.29 is 9.53 Å². The number of benzene rings is 1. The molecule has 4 heterocycles. The highest BCUT2D eigenvalue weighted by molar-refractivity contribution is 7.21. The van der Waals surface area contributed by atoms with Crippen LogP contribution in [0.2, 0.25) is 0 Å². The molecule has 3 aromatic heterocycles. The number of ether oxygens (including phenoxy) is 1. The molecule has 5 rings (SSSR count). The monoisotopic (exact) mass is 443 g/mol. The summed E-state index contributed by atoms with van der Waals surface area (Å²) in [6, 6.07) is 9.76. The number of hydrogen-bond acceptors (Lipinski definition) is 7. The molecule has 1 aromatic carbocycles. The molecule has 7 nitrogen and oxygen atoms in total. The largest absolute Gasteiger partial charge is 0.381 e. The van der Waals surface area contributed by atoms with Crippen LogP contribution in [0.3, 0.4) is 0 Å². The number of amides is 1. The Labute approximate surface area is 189 Å². The summed E-state index contributed by atoms with van der Waals surface area (Å²) in [7, 11) is 0. The maximum absolute atomic E-state index is 12.6. The van der Waals surface area contributed by atoms with Gasteiger partial charge in [-0.05, 0) is 38.1 Å². The lowest BCUT2D eigenvalue weighted by Crippen LogP contribution is -2.34. The first-order valence-electron chi connectivity index (χ1n) is 10.4. The van der Waals surface area contributed by atoms with Gasteiger partial charge in [-0.25, -0.2) is 15.0 Å². The summed E-state index contributed by atoms with van der Waals surface area (Å²) < 4.78 is 6.49. The molecule has 2 N–H and O–H groups in total. The van der Waals surface area contributed by atoms with Crippen molar-refractivity contribution in [3.8, 4) is 23.7 Å². The third-order valence-corrected chi connectivity index (χ3v) is 6.46. The minimum atomic E-state index is -0.0407. The molecule has 0 unspecified atom stereocenters. The van der Waals surface area contributed by atoms with Crippen molar-refractivity contribution in [2.24, 2.45) is 0 Å². The average molecular weight is 444 g/mol. The van der Waals surface area contributed by atoms with Gasteiger partial charge in [0.15, 0.2) is 5.82 Å². The second kappa shape index (κ2) is 8.19. The minimum absolute atomic E-state index is 0.0407. The zero-order valence-corrected chi connectivity index (χ0v) is 18.5. The van der Waals surface area contributed by atoms with Gasteiger partial charge in [-0.3, -0.25) is 4.79 Å². The third kappa shape index (κ3) is 3.55. The molecule has 1 aliphatic heterocycles. The molecule has 0 spiro atoms. The first-order valence-corrected chi connectivity index (χ1v) is 11.2. The fraction of sp³-hybridized carbons (Fsp3) is 0.250. The van der Waals surface area contributed by atoms with Crippen LogP contribution in [0.4, 0.5) is 5.69 Å². The lowest BCUT2D eigenvalue weighted by atomic mass is 10.1. The van der Waals surface area contributed by atoms with Gasteiger partial charge < -0.3 is 15.4 Å². The fourth-order valence-corrected chi connectivity index (χ4v) is 4.93. The van der Waals surface area contributed by atoms with E-state index in [1.165, 1.54) is 11.3 Å². The number of carbonyl (C=O) groups excluding carboxylic acids is 1. The number of nitrogens with zero attached hydrogens (tertiary/aromatic N) is 3. The summed E-state index contributed by atoms with van der Waals surface area (Å²) in [5.74, 6) is 3.07. The summed E-state index contributed by atoms with van der Waals surface area (Å²) in [6.07, 6.45) is 5.59. The smallest absolute Gasteiger partial charge is 0.263 e. The third-order valence-electron chi connectivity index (χ3n) is 5.31. The molecule has 0 saturated carbocycles. The highest BCUT2D eigenvalue weighted by Gasteiger charge is 2.24. The Hall–Kier alpha value is -3.54. The molecule has 0 fully saturated rings. The second-order valence-electron chi connectivity index (χ2n) is 7.60. The van der Waals surface area contributed by atoms with Gasteiger partial charge in [0.25, 0.3) is 5.91 Å². The first kappa shape index (κ1) is 20.4. The molecule has 1 aliphatic rings. The normalized spacial score (nSPS) is 15.7. The molecule has 1 amide bonds. The number of aromatic nitrogens is 3. The Morgan fingerprint density at radius 2 is 2.09 bits per heavy atom. The van der Waals surface area contributed by atoms with Gasteiger partial charge in [0, 0.05) is 40.7 Å². The van der Waals surface area contributed by atoms with Crippen molar-refractivity contribution >= 4 is 43.9 Å². The van der Waals surface area contributed by atoms with Crippen LogP contribution in [0.1, 0.15) is 35.0 Å². The molecule has 160 valence electrons. The number of terminal acetylenes is 1. The molecule has 0 bridgehead atoms. The fourth-order valence-electron chi connectivity index (χ4n) is 3.83. The van der Waals surface area contributed by atoms with Gasteiger partial charge in [0.05, 0.1) is 22.6 Å². The Kier molecular flexibility index (Phi) is 5.21. The van der Waals surface area contributed by atoms with Crippen molar-refractivity contribution in [3.63, 3.8) is 0 Å². The number of thiophene rings is 1. The number of anilines is 1. The van der Waals surface area contributed by atoms with E-state index < -0.39 is 0 Å². The number of rotatable bonds is 4. The number of carbonyl (C=O) groups is 1. The van der Waals surface area contributed by atoms with E-state index >= 15 is 0 Å². The number of nitrogens with one attached hydrogen (secondary N) is 2. The van der Waals surface area contributed by atoms with Gasteiger partial charge in [0.2, 0.25) is 0 Å². The standard InChI is InChI=1S/C24H21N5O2S/c1-4-14-10-18(29-20(27-14)12-31-5-2)17-7-6-15-16(28-17)8-9-19-21(15)22-23(32-19)24(30)26-13(3)11-25-22/h1,6-10,13,25H,5,11-12H2,2-3H3,(H,26,30)/t13-/m1/s1. The molecule has 4 aromatic rings. The van der Waals surface area contributed by atoms with Crippen LogP contribution in [-0.4, -0.2) is 40.1 Å². The van der Waals surface area contributed by atoms with Crippen LogP contribution >= 0.6 is 11.3 Å². The van der Waals surface area contributed by atoms with Crippen molar-refractivity contribution in [1.29, 1.82) is 0 Å². The van der Waals surface area contributed by atoms with Gasteiger partial charge >= 0.3 is 0 Å². The van der Waals surface area contributed by atoms with E-state index in [-0.39, 0.29) is 11.9 Å². The zero-order chi connectivity index (χ0) is 22.2. The summed E-state index contributed by atoms with van der Waals surface area (Å²) in [4.78, 5) is 27.1.